The smallest absolute Gasteiger partial charge is 0.161 e. The average molecular weight is 252 g/mol. The Kier molecular flexibility index (Phi) is 6.25. The maximum Gasteiger partial charge on any atom is 0.161 e. The zero-order chi connectivity index (χ0) is 13.4. The summed E-state index contributed by atoms with van der Waals surface area (Å²) < 4.78 is 10.8. The fraction of sp³-hybridized carbons (Fsp3) is 0.429. The minimum absolute atomic E-state index is 0.290. The molecule has 1 atom stereocenters. The van der Waals surface area contributed by atoms with Crippen molar-refractivity contribution in [3.63, 3.8) is 0 Å². The van der Waals surface area contributed by atoms with Gasteiger partial charge >= 0.3 is 0 Å². The largest absolute Gasteiger partial charge is 0.493 e. The SMILES string of the molecule is C=CCOc1ccc(C[NH2+]C[C@H](C)O)cc1OC. The van der Waals surface area contributed by atoms with Crippen molar-refractivity contribution in [2.24, 2.45) is 0 Å². The van der Waals surface area contributed by atoms with Crippen molar-refractivity contribution in [1.82, 2.24) is 0 Å². The van der Waals surface area contributed by atoms with E-state index in [1.54, 1.807) is 20.1 Å². The normalized spacial score (nSPS) is 11.9. The van der Waals surface area contributed by atoms with Crippen molar-refractivity contribution < 1.29 is 19.9 Å². The summed E-state index contributed by atoms with van der Waals surface area (Å²) in [6.45, 7) is 7.35. The molecule has 0 fully saturated rings. The van der Waals surface area contributed by atoms with E-state index in [-0.39, 0.29) is 6.10 Å². The van der Waals surface area contributed by atoms with E-state index in [1.165, 1.54) is 0 Å². The number of nitrogens with two attached hydrogens (primary N) is 1. The quantitative estimate of drug-likeness (QED) is 0.670. The van der Waals surface area contributed by atoms with Crippen LogP contribution < -0.4 is 14.8 Å². The summed E-state index contributed by atoms with van der Waals surface area (Å²) in [4.78, 5) is 0. The summed E-state index contributed by atoms with van der Waals surface area (Å²) in [5, 5.41) is 11.2. The van der Waals surface area contributed by atoms with Crippen LogP contribution in [0.25, 0.3) is 0 Å². The van der Waals surface area contributed by atoms with Gasteiger partial charge in [0.25, 0.3) is 0 Å². The lowest BCUT2D eigenvalue weighted by Gasteiger charge is -2.11. The van der Waals surface area contributed by atoms with Gasteiger partial charge in [-0.2, -0.15) is 0 Å². The van der Waals surface area contributed by atoms with Crippen LogP contribution in [0, 0.1) is 0 Å². The number of ether oxygens (including phenoxy) is 2. The van der Waals surface area contributed by atoms with Crippen LogP contribution in [0.3, 0.4) is 0 Å². The van der Waals surface area contributed by atoms with Gasteiger partial charge in [-0.25, -0.2) is 0 Å². The van der Waals surface area contributed by atoms with E-state index in [2.05, 4.69) is 11.9 Å². The third-order valence-electron chi connectivity index (χ3n) is 2.47. The molecule has 1 rings (SSSR count). The first kappa shape index (κ1) is 14.5. The number of quaternary nitrogens is 1. The van der Waals surface area contributed by atoms with Crippen LogP contribution in [0.2, 0.25) is 0 Å². The predicted molar refractivity (Wildman–Crippen MR) is 70.9 cm³/mol. The van der Waals surface area contributed by atoms with Crippen LogP contribution in [-0.4, -0.2) is 31.5 Å². The van der Waals surface area contributed by atoms with Crippen LogP contribution in [0.5, 0.6) is 11.5 Å². The summed E-state index contributed by atoms with van der Waals surface area (Å²) in [5.74, 6) is 1.44. The summed E-state index contributed by atoms with van der Waals surface area (Å²) in [7, 11) is 1.62. The van der Waals surface area contributed by atoms with E-state index in [4.69, 9.17) is 9.47 Å². The van der Waals surface area contributed by atoms with E-state index < -0.39 is 0 Å². The van der Waals surface area contributed by atoms with Crippen LogP contribution in [0.15, 0.2) is 30.9 Å². The van der Waals surface area contributed by atoms with Gasteiger partial charge < -0.3 is 19.9 Å². The molecule has 0 radical (unpaired) electrons. The maximum atomic E-state index is 9.19. The van der Waals surface area contributed by atoms with E-state index >= 15 is 0 Å². The van der Waals surface area contributed by atoms with Crippen molar-refractivity contribution in [2.45, 2.75) is 19.6 Å². The van der Waals surface area contributed by atoms with Gasteiger partial charge in [0.15, 0.2) is 11.5 Å². The summed E-state index contributed by atoms with van der Waals surface area (Å²) in [6.07, 6.45) is 1.41. The number of hydrogen-bond donors (Lipinski definition) is 2. The van der Waals surface area contributed by atoms with Gasteiger partial charge in [-0.3, -0.25) is 0 Å². The number of methoxy groups -OCH3 is 1. The van der Waals surface area contributed by atoms with Crippen LogP contribution >= 0.6 is 0 Å². The molecule has 0 saturated heterocycles. The Morgan fingerprint density at radius 3 is 2.83 bits per heavy atom. The average Bonchev–Trinajstić information content (AvgIpc) is 2.36. The van der Waals surface area contributed by atoms with Crippen LogP contribution in [-0.2, 0) is 6.54 Å². The van der Waals surface area contributed by atoms with Gasteiger partial charge in [-0.15, -0.1) is 0 Å². The lowest BCUT2D eigenvalue weighted by atomic mass is 10.2. The number of aliphatic hydroxyl groups is 1. The predicted octanol–water partition coefficient (Wildman–Crippen LogP) is 0.704. The first-order valence-electron chi connectivity index (χ1n) is 6.07. The number of hydrogen-bond acceptors (Lipinski definition) is 3. The van der Waals surface area contributed by atoms with Crippen molar-refractivity contribution in [2.75, 3.05) is 20.3 Å². The second-order valence-corrected chi connectivity index (χ2v) is 4.16. The van der Waals surface area contributed by atoms with Crippen molar-refractivity contribution >= 4 is 0 Å². The van der Waals surface area contributed by atoms with Crippen molar-refractivity contribution in [3.05, 3.63) is 36.4 Å². The Morgan fingerprint density at radius 1 is 1.44 bits per heavy atom. The van der Waals surface area contributed by atoms with Gasteiger partial charge in [0.05, 0.1) is 13.2 Å². The molecule has 1 aromatic rings. The van der Waals surface area contributed by atoms with Crippen LogP contribution in [0.4, 0.5) is 0 Å². The molecule has 0 unspecified atom stereocenters. The molecule has 0 amide bonds. The Bertz CT molecular complexity index is 377. The Labute approximate surface area is 108 Å². The summed E-state index contributed by atoms with van der Waals surface area (Å²) in [5.41, 5.74) is 1.14. The van der Waals surface area contributed by atoms with E-state index in [0.717, 1.165) is 23.6 Å². The molecular weight excluding hydrogens is 230 g/mol. The van der Waals surface area contributed by atoms with Gasteiger partial charge in [-0.1, -0.05) is 12.7 Å². The lowest BCUT2D eigenvalue weighted by Crippen LogP contribution is -2.84. The third kappa shape index (κ3) is 4.77. The molecule has 0 aromatic heterocycles. The van der Waals surface area contributed by atoms with Crippen molar-refractivity contribution in [3.8, 4) is 11.5 Å². The van der Waals surface area contributed by atoms with Crippen LogP contribution in [0.1, 0.15) is 12.5 Å². The Hall–Kier alpha value is -1.52. The van der Waals surface area contributed by atoms with E-state index in [1.807, 2.05) is 18.2 Å². The van der Waals surface area contributed by atoms with Crippen molar-refractivity contribution in [1.29, 1.82) is 0 Å². The number of rotatable bonds is 8. The highest BCUT2D eigenvalue weighted by atomic mass is 16.5. The van der Waals surface area contributed by atoms with Gasteiger partial charge in [0.1, 0.15) is 19.7 Å². The molecule has 3 N–H and O–H groups in total. The minimum Gasteiger partial charge on any atom is -0.493 e. The van der Waals surface area contributed by atoms with Gasteiger partial charge in [0, 0.05) is 5.56 Å². The second kappa shape index (κ2) is 7.74. The molecule has 0 saturated carbocycles. The highest BCUT2D eigenvalue weighted by molar-refractivity contribution is 5.42. The molecule has 0 aliphatic heterocycles. The molecule has 1 aromatic carbocycles. The monoisotopic (exact) mass is 252 g/mol. The Morgan fingerprint density at radius 2 is 2.22 bits per heavy atom. The molecule has 0 spiro atoms. The summed E-state index contributed by atoms with van der Waals surface area (Å²) >= 11 is 0. The molecular formula is C14H22NO3+. The minimum atomic E-state index is -0.290. The molecule has 0 aliphatic rings. The fourth-order valence-electron chi connectivity index (χ4n) is 1.60. The standard InChI is InChI=1S/C14H21NO3/c1-4-7-18-13-6-5-12(8-14(13)17-3)10-15-9-11(2)16/h4-6,8,11,15-16H,1,7,9-10H2,2-3H3/p+1/t11-/m0/s1. The fourth-order valence-corrected chi connectivity index (χ4v) is 1.60. The first-order chi connectivity index (χ1) is 8.67. The van der Waals surface area contributed by atoms with Gasteiger partial charge in [-0.05, 0) is 25.1 Å². The Balaban J connectivity index is 2.63. The second-order valence-electron chi connectivity index (χ2n) is 4.16. The third-order valence-corrected chi connectivity index (χ3v) is 2.47. The zero-order valence-electron chi connectivity index (χ0n) is 11.1. The summed E-state index contributed by atoms with van der Waals surface area (Å²) in [6, 6.07) is 5.85. The molecule has 0 heterocycles. The molecule has 0 bridgehead atoms. The molecule has 0 aliphatic carbocycles. The highest BCUT2D eigenvalue weighted by Crippen LogP contribution is 2.27. The first-order valence-corrected chi connectivity index (χ1v) is 6.07. The zero-order valence-corrected chi connectivity index (χ0v) is 11.1. The number of benzene rings is 1. The van der Waals surface area contributed by atoms with E-state index in [9.17, 15) is 5.11 Å². The molecule has 4 nitrogen and oxygen atoms in total. The number of aliphatic hydroxyl groups excluding tert-OH is 1. The molecule has 18 heavy (non-hydrogen) atoms. The molecule has 4 heteroatoms. The van der Waals surface area contributed by atoms with Gasteiger partial charge in [0.2, 0.25) is 0 Å². The lowest BCUT2D eigenvalue weighted by molar-refractivity contribution is -0.676. The topological polar surface area (TPSA) is 55.3 Å². The maximum absolute atomic E-state index is 9.19. The molecule has 100 valence electrons. The van der Waals surface area contributed by atoms with E-state index in [0.29, 0.717) is 13.2 Å². The highest BCUT2D eigenvalue weighted by Gasteiger charge is 2.06.